The van der Waals surface area contributed by atoms with Crippen LogP contribution in [0.25, 0.3) is 10.9 Å². The van der Waals surface area contributed by atoms with E-state index in [1.54, 1.807) is 24.4 Å². The van der Waals surface area contributed by atoms with E-state index in [0.29, 0.717) is 37.2 Å². The summed E-state index contributed by atoms with van der Waals surface area (Å²) < 4.78 is 25.7. The molecular weight excluding hydrogens is 528 g/mol. The van der Waals surface area contributed by atoms with E-state index >= 15 is 4.39 Å². The lowest BCUT2D eigenvalue weighted by molar-refractivity contribution is 0.0896. The molecule has 1 aliphatic rings. The molecule has 4 aromatic rings. The first-order valence-electron chi connectivity index (χ1n) is 13.3. The lowest BCUT2D eigenvalue weighted by Crippen LogP contribution is -2.51. The molecule has 11 heteroatoms. The first-order chi connectivity index (χ1) is 19.9. The Morgan fingerprint density at radius 1 is 0.927 bits per heavy atom. The van der Waals surface area contributed by atoms with Crippen LogP contribution in [0.15, 0.2) is 60.8 Å². The largest absolute Gasteiger partial charge is 0.494 e. The Bertz CT molecular complexity index is 1590. The lowest BCUT2D eigenvalue weighted by atomic mass is 9.99. The predicted octanol–water partition coefficient (Wildman–Crippen LogP) is 3.23. The highest BCUT2D eigenvalue weighted by Crippen LogP contribution is 2.31. The molecule has 212 valence electrons. The topological polar surface area (TPSA) is 134 Å². The highest BCUT2D eigenvalue weighted by Gasteiger charge is 2.30. The number of fused-ring (bicyclic) bond motifs is 1. The fraction of sp³-hybridized carbons (Fsp3) is 0.267. The Morgan fingerprint density at radius 3 is 2.24 bits per heavy atom. The number of aromatic amines is 1. The van der Waals surface area contributed by atoms with Crippen molar-refractivity contribution in [2.75, 3.05) is 26.8 Å². The fourth-order valence-electron chi connectivity index (χ4n) is 4.73. The summed E-state index contributed by atoms with van der Waals surface area (Å²) in [7, 11) is 1.32. The highest BCUT2D eigenvalue weighted by atomic mass is 18.2. The van der Waals surface area contributed by atoms with Crippen molar-refractivity contribution >= 4 is 28.5 Å². The van der Waals surface area contributed by atoms with Gasteiger partial charge < -0.3 is 25.4 Å². The number of halogens is 1. The highest BCUT2D eigenvalue weighted by molar-refractivity contribution is 6.11. The summed E-state index contributed by atoms with van der Waals surface area (Å²) in [5, 5.41) is 16.8. The monoisotopic (exact) mass is 558 g/mol. The predicted molar refractivity (Wildman–Crippen MR) is 150 cm³/mol. The van der Waals surface area contributed by atoms with Crippen molar-refractivity contribution in [1.82, 2.24) is 26.1 Å². The van der Waals surface area contributed by atoms with Crippen molar-refractivity contribution < 1.29 is 28.2 Å². The van der Waals surface area contributed by atoms with Gasteiger partial charge in [0.2, 0.25) is 0 Å². The van der Waals surface area contributed by atoms with Crippen molar-refractivity contribution in [3.8, 4) is 11.5 Å². The number of aromatic nitrogens is 2. The smallest absolute Gasteiger partial charge is 0.251 e. The van der Waals surface area contributed by atoms with Gasteiger partial charge in [0.25, 0.3) is 11.8 Å². The summed E-state index contributed by atoms with van der Waals surface area (Å²) >= 11 is 0. The fourth-order valence-corrected chi connectivity index (χ4v) is 4.73. The van der Waals surface area contributed by atoms with E-state index in [1.807, 2.05) is 6.92 Å². The number of methoxy groups -OCH3 is 1. The first kappa shape index (κ1) is 27.8. The molecule has 0 unspecified atom stereocenters. The molecule has 0 spiro atoms. The van der Waals surface area contributed by atoms with Gasteiger partial charge in [0.15, 0.2) is 17.3 Å². The van der Waals surface area contributed by atoms with Gasteiger partial charge in [-0.25, -0.2) is 4.39 Å². The Hall–Kier alpha value is -4.77. The maximum Gasteiger partial charge on any atom is 0.251 e. The third kappa shape index (κ3) is 5.90. The second-order valence-electron chi connectivity index (χ2n) is 9.70. The van der Waals surface area contributed by atoms with Crippen LogP contribution >= 0.6 is 0 Å². The summed E-state index contributed by atoms with van der Waals surface area (Å²) in [4.78, 5) is 39.2. The standard InChI is InChI=1S/C30H30FN5O5/c1-3-12-41-24-10-11-25(40-2)27(31)26(24)28(37)17-4-6-18(7-5-17)29(38)34-22-15-32-16-23(22)35-30(39)19-8-9-21-20(13-19)14-33-36-21/h4-11,13-14,22-23,32H,3,12,15-16H2,1-2H3,(H,33,36)(H,34,38)(H,35,39)/t22-,23+/m0/s1/i31-1. The molecule has 4 N–H and O–H groups in total. The van der Waals surface area contributed by atoms with Crippen molar-refractivity contribution in [3.63, 3.8) is 0 Å². The zero-order chi connectivity index (χ0) is 28.9. The zero-order valence-corrected chi connectivity index (χ0v) is 22.6. The summed E-state index contributed by atoms with van der Waals surface area (Å²) in [5.41, 5.74) is 1.61. The van der Waals surface area contributed by atoms with Crippen LogP contribution in [0.4, 0.5) is 4.39 Å². The van der Waals surface area contributed by atoms with E-state index in [1.165, 1.54) is 43.5 Å². The van der Waals surface area contributed by atoms with E-state index in [9.17, 15) is 14.4 Å². The molecular formula is C30H30FN5O5. The second-order valence-corrected chi connectivity index (χ2v) is 9.70. The molecule has 10 nitrogen and oxygen atoms in total. The number of H-pyrrole nitrogens is 1. The van der Waals surface area contributed by atoms with Gasteiger partial charge in [0, 0.05) is 35.2 Å². The van der Waals surface area contributed by atoms with Crippen LogP contribution in [0.5, 0.6) is 11.5 Å². The molecule has 3 aromatic carbocycles. The van der Waals surface area contributed by atoms with Gasteiger partial charge in [-0.15, -0.1) is 0 Å². The number of hydrogen-bond donors (Lipinski definition) is 4. The first-order valence-corrected chi connectivity index (χ1v) is 13.3. The average molecular weight is 559 g/mol. The van der Waals surface area contributed by atoms with Crippen molar-refractivity contribution in [1.29, 1.82) is 0 Å². The number of hydrogen-bond acceptors (Lipinski definition) is 7. The number of nitrogens with one attached hydrogen (secondary N) is 4. The van der Waals surface area contributed by atoms with Crippen LogP contribution in [0, 0.1) is 5.82 Å². The number of amides is 2. The van der Waals surface area contributed by atoms with Gasteiger partial charge in [0.1, 0.15) is 11.3 Å². The maximum atomic E-state index is 15.1. The third-order valence-electron chi connectivity index (χ3n) is 6.94. The molecule has 1 saturated heterocycles. The zero-order valence-electron chi connectivity index (χ0n) is 22.6. The number of ether oxygens (including phenoxy) is 2. The van der Waals surface area contributed by atoms with Crippen LogP contribution in [0.3, 0.4) is 0 Å². The van der Waals surface area contributed by atoms with Crippen molar-refractivity contribution in [2.45, 2.75) is 25.4 Å². The molecule has 1 aromatic heterocycles. The quantitative estimate of drug-likeness (QED) is 0.220. The summed E-state index contributed by atoms with van der Waals surface area (Å²) in [6, 6.07) is 13.4. The maximum absolute atomic E-state index is 15.1. The van der Waals surface area contributed by atoms with Crippen LogP contribution < -0.4 is 25.4 Å². The molecule has 5 rings (SSSR count). The molecule has 0 bridgehead atoms. The number of benzene rings is 3. The molecule has 1 aliphatic heterocycles. The second kappa shape index (κ2) is 12.2. The van der Waals surface area contributed by atoms with Crippen molar-refractivity contribution in [2.24, 2.45) is 0 Å². The molecule has 1 fully saturated rings. The van der Waals surface area contributed by atoms with E-state index in [2.05, 4.69) is 26.1 Å². The number of nitrogens with zero attached hydrogens (tertiary/aromatic N) is 1. The molecule has 0 aliphatic carbocycles. The summed E-state index contributed by atoms with van der Waals surface area (Å²) in [6.07, 6.45) is 2.34. The van der Waals surface area contributed by atoms with Crippen LogP contribution in [0.1, 0.15) is 50.0 Å². The Kier molecular flexibility index (Phi) is 8.25. The normalized spacial score (nSPS) is 16.4. The van der Waals surface area contributed by atoms with Gasteiger partial charge in [-0.2, -0.15) is 5.10 Å². The van der Waals surface area contributed by atoms with Gasteiger partial charge in [0.05, 0.1) is 37.5 Å². The summed E-state index contributed by atoms with van der Waals surface area (Å²) in [6.45, 7) is 3.20. The van der Waals surface area contributed by atoms with Crippen LogP contribution in [-0.4, -0.2) is 66.7 Å². The number of carbonyl (C=O) groups is 3. The van der Waals surface area contributed by atoms with Crippen LogP contribution in [-0.2, 0) is 0 Å². The minimum Gasteiger partial charge on any atom is -0.494 e. The van der Waals surface area contributed by atoms with Gasteiger partial charge >= 0.3 is 0 Å². The summed E-state index contributed by atoms with van der Waals surface area (Å²) in [5.74, 6) is -1.95. The minimum atomic E-state index is -0.806. The molecule has 2 heterocycles. The van der Waals surface area contributed by atoms with E-state index in [-0.39, 0.29) is 46.5 Å². The number of carbonyl (C=O) groups excluding carboxylic acids is 3. The Balaban J connectivity index is 1.26. The minimum absolute atomic E-state index is 0.0676. The van der Waals surface area contributed by atoms with Crippen LogP contribution in [0.2, 0.25) is 0 Å². The van der Waals surface area contributed by atoms with E-state index in [4.69, 9.17) is 9.47 Å². The molecule has 2 atom stereocenters. The van der Waals surface area contributed by atoms with Gasteiger partial charge in [-0.05, 0) is 48.9 Å². The van der Waals surface area contributed by atoms with E-state index < -0.39 is 11.6 Å². The van der Waals surface area contributed by atoms with Gasteiger partial charge in [-0.3, -0.25) is 19.5 Å². The number of ketones is 1. The Labute approximate surface area is 235 Å². The molecule has 2 amide bonds. The lowest BCUT2D eigenvalue weighted by Gasteiger charge is -2.21. The Morgan fingerprint density at radius 2 is 1.56 bits per heavy atom. The molecule has 0 saturated carbocycles. The van der Waals surface area contributed by atoms with E-state index in [0.717, 1.165) is 10.9 Å². The SMILES string of the molecule is CCCOc1ccc(OC)c([18F])c1C(=O)c1ccc(C(=O)N[C@H]2CNC[C@H]2NC(=O)c2ccc3[nH]ncc3c2)cc1. The third-order valence-corrected chi connectivity index (χ3v) is 6.94. The molecule has 0 radical (unpaired) electrons. The molecule has 41 heavy (non-hydrogen) atoms. The number of rotatable bonds is 10. The van der Waals surface area contributed by atoms with Gasteiger partial charge in [-0.1, -0.05) is 19.1 Å². The van der Waals surface area contributed by atoms with Crippen molar-refractivity contribution in [3.05, 3.63) is 88.9 Å². The average Bonchev–Trinajstić information content (AvgIpc) is 3.64.